The lowest BCUT2D eigenvalue weighted by Gasteiger charge is -2.04. The SMILES string of the molecule is NNc1ncc(COc2ccc(Cl)c(F)c2)s1. The number of nitrogens with zero attached hydrogens (tertiary/aromatic N) is 1. The zero-order chi connectivity index (χ0) is 12.3. The third-order valence-corrected chi connectivity index (χ3v) is 3.16. The van der Waals surface area contributed by atoms with E-state index < -0.39 is 5.82 Å². The first-order valence-electron chi connectivity index (χ1n) is 4.68. The number of ether oxygens (including phenoxy) is 1. The van der Waals surface area contributed by atoms with Crippen molar-refractivity contribution in [1.82, 2.24) is 4.98 Å². The molecule has 1 aromatic heterocycles. The predicted molar refractivity (Wildman–Crippen MR) is 65.7 cm³/mol. The van der Waals surface area contributed by atoms with Crippen molar-refractivity contribution in [3.63, 3.8) is 0 Å². The molecule has 0 saturated carbocycles. The van der Waals surface area contributed by atoms with E-state index in [1.807, 2.05) is 0 Å². The van der Waals surface area contributed by atoms with E-state index in [1.54, 1.807) is 12.3 Å². The molecule has 0 aliphatic heterocycles. The third-order valence-electron chi connectivity index (χ3n) is 1.95. The Kier molecular flexibility index (Phi) is 3.78. The predicted octanol–water partition coefficient (Wildman–Crippen LogP) is 2.80. The van der Waals surface area contributed by atoms with Gasteiger partial charge in [-0.05, 0) is 12.1 Å². The molecule has 90 valence electrons. The Hall–Kier alpha value is -1.37. The Balaban J connectivity index is 1.99. The van der Waals surface area contributed by atoms with E-state index in [9.17, 15) is 4.39 Å². The van der Waals surface area contributed by atoms with Gasteiger partial charge in [-0.25, -0.2) is 15.2 Å². The summed E-state index contributed by atoms with van der Waals surface area (Å²) in [6.45, 7) is 0.306. The van der Waals surface area contributed by atoms with Gasteiger partial charge in [-0.3, -0.25) is 5.43 Å². The van der Waals surface area contributed by atoms with Crippen LogP contribution in [0.2, 0.25) is 5.02 Å². The monoisotopic (exact) mass is 273 g/mol. The number of benzene rings is 1. The number of hydrogen-bond donors (Lipinski definition) is 2. The van der Waals surface area contributed by atoms with Crippen LogP contribution in [0, 0.1) is 5.82 Å². The minimum Gasteiger partial charge on any atom is -0.488 e. The van der Waals surface area contributed by atoms with Gasteiger partial charge >= 0.3 is 0 Å². The number of nitrogens with one attached hydrogen (secondary N) is 1. The number of nitrogens with two attached hydrogens (primary N) is 1. The largest absolute Gasteiger partial charge is 0.488 e. The number of thiazole rings is 1. The molecular formula is C10H9ClFN3OS. The molecule has 0 aliphatic rings. The highest BCUT2D eigenvalue weighted by Gasteiger charge is 2.04. The maximum absolute atomic E-state index is 13.1. The Labute approximate surface area is 106 Å². The molecule has 1 aromatic carbocycles. The molecule has 0 amide bonds. The molecule has 7 heteroatoms. The van der Waals surface area contributed by atoms with Gasteiger partial charge in [0.25, 0.3) is 0 Å². The van der Waals surface area contributed by atoms with Gasteiger partial charge in [-0.15, -0.1) is 0 Å². The fourth-order valence-corrected chi connectivity index (χ4v) is 1.92. The van der Waals surface area contributed by atoms with Gasteiger partial charge in [0.05, 0.1) is 9.90 Å². The van der Waals surface area contributed by atoms with E-state index in [2.05, 4.69) is 10.4 Å². The van der Waals surface area contributed by atoms with Gasteiger partial charge in [0.1, 0.15) is 18.2 Å². The highest BCUT2D eigenvalue weighted by molar-refractivity contribution is 7.15. The average Bonchev–Trinajstić information content (AvgIpc) is 2.79. The fourth-order valence-electron chi connectivity index (χ4n) is 1.16. The first-order valence-corrected chi connectivity index (χ1v) is 5.87. The van der Waals surface area contributed by atoms with Crippen molar-refractivity contribution in [1.29, 1.82) is 0 Å². The van der Waals surface area contributed by atoms with Gasteiger partial charge in [0.2, 0.25) is 0 Å². The molecule has 4 nitrogen and oxygen atoms in total. The molecular weight excluding hydrogens is 265 g/mol. The van der Waals surface area contributed by atoms with Crippen LogP contribution in [-0.2, 0) is 6.61 Å². The number of nitrogen functional groups attached to an aromatic ring is 1. The average molecular weight is 274 g/mol. The van der Waals surface area contributed by atoms with Crippen molar-refractivity contribution in [2.24, 2.45) is 5.84 Å². The zero-order valence-electron chi connectivity index (χ0n) is 8.61. The van der Waals surface area contributed by atoms with Gasteiger partial charge in [0, 0.05) is 12.3 Å². The maximum atomic E-state index is 13.1. The lowest BCUT2D eigenvalue weighted by atomic mass is 10.3. The molecule has 0 radical (unpaired) electrons. The van der Waals surface area contributed by atoms with Crippen molar-refractivity contribution in [2.75, 3.05) is 5.43 Å². The van der Waals surface area contributed by atoms with E-state index in [-0.39, 0.29) is 5.02 Å². The zero-order valence-corrected chi connectivity index (χ0v) is 10.2. The normalized spacial score (nSPS) is 10.3. The molecule has 3 N–H and O–H groups in total. The van der Waals surface area contributed by atoms with Crippen LogP contribution in [0.1, 0.15) is 4.88 Å². The number of aromatic nitrogens is 1. The van der Waals surface area contributed by atoms with Crippen LogP contribution >= 0.6 is 22.9 Å². The quantitative estimate of drug-likeness (QED) is 0.664. The molecule has 2 aromatic rings. The van der Waals surface area contributed by atoms with E-state index in [4.69, 9.17) is 22.2 Å². The first-order chi connectivity index (χ1) is 8.19. The van der Waals surface area contributed by atoms with Crippen molar-refractivity contribution in [3.8, 4) is 5.75 Å². The Morgan fingerprint density at radius 2 is 2.35 bits per heavy atom. The summed E-state index contributed by atoms with van der Waals surface area (Å²) >= 11 is 6.93. The molecule has 0 unspecified atom stereocenters. The number of rotatable bonds is 4. The van der Waals surface area contributed by atoms with Gasteiger partial charge in [0.15, 0.2) is 5.13 Å². The van der Waals surface area contributed by atoms with E-state index in [0.717, 1.165) is 4.88 Å². The molecule has 17 heavy (non-hydrogen) atoms. The highest BCUT2D eigenvalue weighted by Crippen LogP contribution is 2.23. The van der Waals surface area contributed by atoms with Crippen LogP contribution in [0.5, 0.6) is 5.75 Å². The van der Waals surface area contributed by atoms with Gasteiger partial charge < -0.3 is 4.74 Å². The summed E-state index contributed by atoms with van der Waals surface area (Å²) in [6.07, 6.45) is 1.64. The molecule has 1 heterocycles. The van der Waals surface area contributed by atoms with Crippen LogP contribution in [0.25, 0.3) is 0 Å². The van der Waals surface area contributed by atoms with Crippen LogP contribution in [0.4, 0.5) is 9.52 Å². The smallest absolute Gasteiger partial charge is 0.197 e. The number of halogens is 2. The minimum absolute atomic E-state index is 0.0739. The van der Waals surface area contributed by atoms with Crippen molar-refractivity contribution in [2.45, 2.75) is 6.61 Å². The minimum atomic E-state index is -0.502. The van der Waals surface area contributed by atoms with Crippen LogP contribution in [0.15, 0.2) is 24.4 Å². The molecule has 0 aliphatic carbocycles. The summed E-state index contributed by atoms with van der Waals surface area (Å²) < 4.78 is 18.5. The van der Waals surface area contributed by atoms with Crippen molar-refractivity contribution in [3.05, 3.63) is 40.1 Å². The van der Waals surface area contributed by atoms with Gasteiger partial charge in [-0.1, -0.05) is 22.9 Å². The summed E-state index contributed by atoms with van der Waals surface area (Å²) in [4.78, 5) is 4.87. The standard InChI is InChI=1S/C10H9ClFN3OS/c11-8-2-1-6(3-9(8)12)16-5-7-4-14-10(15-13)17-7/h1-4H,5,13H2,(H,14,15). The summed E-state index contributed by atoms with van der Waals surface area (Å²) in [7, 11) is 0. The molecule has 0 atom stereocenters. The van der Waals surface area contributed by atoms with Crippen molar-refractivity contribution >= 4 is 28.1 Å². The Morgan fingerprint density at radius 1 is 1.53 bits per heavy atom. The second kappa shape index (κ2) is 5.31. The van der Waals surface area contributed by atoms with E-state index in [1.165, 1.54) is 23.5 Å². The number of anilines is 1. The molecule has 0 fully saturated rings. The molecule has 2 rings (SSSR count). The van der Waals surface area contributed by atoms with E-state index >= 15 is 0 Å². The summed E-state index contributed by atoms with van der Waals surface area (Å²) in [5.74, 6) is 5.12. The summed E-state index contributed by atoms with van der Waals surface area (Å²) in [5.41, 5.74) is 2.44. The Bertz CT molecular complexity index is 520. The van der Waals surface area contributed by atoms with Crippen LogP contribution in [-0.4, -0.2) is 4.98 Å². The summed E-state index contributed by atoms with van der Waals surface area (Å²) in [6, 6.07) is 4.30. The highest BCUT2D eigenvalue weighted by atomic mass is 35.5. The fraction of sp³-hybridized carbons (Fsp3) is 0.100. The Morgan fingerprint density at radius 3 is 3.00 bits per heavy atom. The van der Waals surface area contributed by atoms with E-state index in [0.29, 0.717) is 17.5 Å². The molecule has 0 bridgehead atoms. The van der Waals surface area contributed by atoms with Crippen LogP contribution in [0.3, 0.4) is 0 Å². The topological polar surface area (TPSA) is 60.2 Å². The van der Waals surface area contributed by atoms with Crippen LogP contribution < -0.4 is 16.0 Å². The lowest BCUT2D eigenvalue weighted by molar-refractivity contribution is 0.308. The van der Waals surface area contributed by atoms with Crippen molar-refractivity contribution < 1.29 is 9.13 Å². The second-order valence-corrected chi connectivity index (χ2v) is 4.66. The first kappa shape index (κ1) is 12.1. The maximum Gasteiger partial charge on any atom is 0.197 e. The van der Waals surface area contributed by atoms with Gasteiger partial charge in [-0.2, -0.15) is 0 Å². The number of hydrogen-bond acceptors (Lipinski definition) is 5. The number of hydrazine groups is 1. The lowest BCUT2D eigenvalue weighted by Crippen LogP contribution is -2.05. The second-order valence-electron chi connectivity index (χ2n) is 3.14. The molecule has 0 spiro atoms. The third kappa shape index (κ3) is 3.06. The molecule has 0 saturated heterocycles. The summed E-state index contributed by atoms with van der Waals surface area (Å²) in [5, 5.41) is 0.677.